The fourth-order valence-corrected chi connectivity index (χ4v) is 4.42. The Hall–Kier alpha value is -2.31. The lowest BCUT2D eigenvalue weighted by Gasteiger charge is -2.08. The van der Waals surface area contributed by atoms with Crippen molar-refractivity contribution in [3.8, 4) is 0 Å². The van der Waals surface area contributed by atoms with Gasteiger partial charge in [0.1, 0.15) is 5.52 Å². The molecule has 0 amide bonds. The van der Waals surface area contributed by atoms with Crippen molar-refractivity contribution in [3.05, 3.63) is 69.7 Å². The van der Waals surface area contributed by atoms with Crippen LogP contribution in [-0.4, -0.2) is 21.1 Å². The van der Waals surface area contributed by atoms with Gasteiger partial charge in [0, 0.05) is 21.8 Å². The van der Waals surface area contributed by atoms with Crippen LogP contribution in [0.1, 0.15) is 26.6 Å². The molecule has 1 aromatic carbocycles. The molecule has 0 radical (unpaired) electrons. The molecule has 3 heterocycles. The van der Waals surface area contributed by atoms with Crippen molar-refractivity contribution in [2.24, 2.45) is 0 Å². The lowest BCUT2D eigenvalue weighted by atomic mass is 10.2. The number of aryl methyl sites for hydroxylation is 1. The van der Waals surface area contributed by atoms with Gasteiger partial charge in [-0.05, 0) is 43.5 Å². The van der Waals surface area contributed by atoms with E-state index in [0.717, 1.165) is 34.6 Å². The van der Waals surface area contributed by atoms with E-state index in [9.17, 15) is 4.79 Å². The van der Waals surface area contributed by atoms with E-state index >= 15 is 0 Å². The molecule has 26 heavy (non-hydrogen) atoms. The molecule has 132 valence electrons. The van der Waals surface area contributed by atoms with E-state index in [2.05, 4.69) is 27.1 Å². The monoisotopic (exact) mass is 382 g/mol. The van der Waals surface area contributed by atoms with Crippen LogP contribution in [0.2, 0.25) is 0 Å². The molecule has 0 bridgehead atoms. The van der Waals surface area contributed by atoms with Crippen LogP contribution in [0, 0.1) is 13.8 Å². The number of carbonyl (C=O) groups excluding carboxylic acids is 1. The zero-order chi connectivity index (χ0) is 18.1. The molecule has 4 rings (SSSR count). The van der Waals surface area contributed by atoms with Gasteiger partial charge < -0.3 is 8.98 Å². The standard InChI is InChI=1S/C20H18N2O2S2/c1-13-10-16(14(2)22(13)11-15-6-5-9-25-15)18(23)12-26-20-21-17-7-3-4-8-19(17)24-20/h3-10H,11-12H2,1-2H3. The third-order valence-electron chi connectivity index (χ3n) is 4.37. The third-order valence-corrected chi connectivity index (χ3v) is 6.06. The molecular weight excluding hydrogens is 364 g/mol. The summed E-state index contributed by atoms with van der Waals surface area (Å²) in [6, 6.07) is 13.8. The molecule has 0 aliphatic heterocycles. The number of para-hydroxylation sites is 2. The van der Waals surface area contributed by atoms with Crippen molar-refractivity contribution < 1.29 is 9.21 Å². The molecule has 6 heteroatoms. The van der Waals surface area contributed by atoms with Gasteiger partial charge in [0.05, 0.1) is 12.3 Å². The van der Waals surface area contributed by atoms with Gasteiger partial charge in [-0.1, -0.05) is 30.0 Å². The minimum Gasteiger partial charge on any atom is -0.431 e. The number of hydrogen-bond acceptors (Lipinski definition) is 5. The van der Waals surface area contributed by atoms with Crippen LogP contribution in [0.5, 0.6) is 0 Å². The van der Waals surface area contributed by atoms with Gasteiger partial charge in [0.25, 0.3) is 5.22 Å². The fraction of sp³-hybridized carbons (Fsp3) is 0.200. The number of fused-ring (bicyclic) bond motifs is 1. The fourth-order valence-electron chi connectivity index (χ4n) is 3.00. The Morgan fingerprint density at radius 1 is 1.23 bits per heavy atom. The number of oxazole rings is 1. The molecular formula is C20H18N2O2S2. The molecule has 4 nitrogen and oxygen atoms in total. The SMILES string of the molecule is Cc1cc(C(=O)CSc2nc3ccccc3o2)c(C)n1Cc1cccs1. The number of aromatic nitrogens is 2. The van der Waals surface area contributed by atoms with Crippen LogP contribution in [0.4, 0.5) is 0 Å². The van der Waals surface area contributed by atoms with E-state index in [1.807, 2.05) is 44.2 Å². The average molecular weight is 383 g/mol. The number of rotatable bonds is 6. The summed E-state index contributed by atoms with van der Waals surface area (Å²) < 4.78 is 7.88. The van der Waals surface area contributed by atoms with E-state index in [1.165, 1.54) is 16.6 Å². The molecule has 0 fully saturated rings. The van der Waals surface area contributed by atoms with Gasteiger partial charge in [-0.2, -0.15) is 0 Å². The van der Waals surface area contributed by atoms with E-state index < -0.39 is 0 Å². The van der Waals surface area contributed by atoms with Gasteiger partial charge >= 0.3 is 0 Å². The lowest BCUT2D eigenvalue weighted by Crippen LogP contribution is -2.07. The Kier molecular flexibility index (Phi) is 4.70. The molecule has 3 aromatic heterocycles. The summed E-state index contributed by atoms with van der Waals surface area (Å²) in [6.07, 6.45) is 0. The second-order valence-corrected chi connectivity index (χ2v) is 8.07. The number of Topliss-reactive ketones (excluding diaryl/α,β-unsaturated/α-hetero) is 1. The van der Waals surface area contributed by atoms with Crippen molar-refractivity contribution in [1.29, 1.82) is 0 Å². The second kappa shape index (κ2) is 7.13. The molecule has 0 saturated heterocycles. The molecule has 0 spiro atoms. The van der Waals surface area contributed by atoms with Crippen molar-refractivity contribution >= 4 is 40.0 Å². The minimum absolute atomic E-state index is 0.0998. The Bertz CT molecular complexity index is 1030. The Balaban J connectivity index is 1.49. The number of thiophene rings is 1. The highest BCUT2D eigenvalue weighted by atomic mass is 32.2. The van der Waals surface area contributed by atoms with Crippen molar-refractivity contribution in [2.75, 3.05) is 5.75 Å². The van der Waals surface area contributed by atoms with Gasteiger partial charge in [-0.3, -0.25) is 4.79 Å². The van der Waals surface area contributed by atoms with Crippen molar-refractivity contribution in [2.45, 2.75) is 25.6 Å². The Morgan fingerprint density at radius 3 is 2.85 bits per heavy atom. The maximum absolute atomic E-state index is 12.7. The van der Waals surface area contributed by atoms with Crippen LogP contribution >= 0.6 is 23.1 Å². The number of carbonyl (C=O) groups is 1. The average Bonchev–Trinajstić information content (AvgIpc) is 3.35. The van der Waals surface area contributed by atoms with E-state index in [-0.39, 0.29) is 5.78 Å². The van der Waals surface area contributed by atoms with Crippen LogP contribution in [0.25, 0.3) is 11.1 Å². The molecule has 0 saturated carbocycles. The topological polar surface area (TPSA) is 48.0 Å². The zero-order valence-corrected chi connectivity index (χ0v) is 16.2. The predicted molar refractivity (Wildman–Crippen MR) is 106 cm³/mol. The predicted octanol–water partition coefficient (Wildman–Crippen LogP) is 5.33. The first kappa shape index (κ1) is 17.1. The lowest BCUT2D eigenvalue weighted by molar-refractivity contribution is 0.102. The summed E-state index contributed by atoms with van der Waals surface area (Å²) >= 11 is 3.08. The summed E-state index contributed by atoms with van der Waals surface area (Å²) in [4.78, 5) is 18.4. The van der Waals surface area contributed by atoms with E-state index in [0.29, 0.717) is 11.0 Å². The summed E-state index contributed by atoms with van der Waals surface area (Å²) in [5.41, 5.74) is 4.46. The molecule has 0 aliphatic rings. The van der Waals surface area contributed by atoms with Crippen molar-refractivity contribution in [1.82, 2.24) is 9.55 Å². The molecule has 0 atom stereocenters. The van der Waals surface area contributed by atoms with E-state index in [1.54, 1.807) is 11.3 Å². The normalized spacial score (nSPS) is 11.3. The molecule has 0 aliphatic carbocycles. The Morgan fingerprint density at radius 2 is 2.08 bits per heavy atom. The number of benzene rings is 1. The van der Waals surface area contributed by atoms with Gasteiger partial charge in [0.2, 0.25) is 0 Å². The first-order valence-corrected chi connectivity index (χ1v) is 10.2. The minimum atomic E-state index is 0.0998. The maximum Gasteiger partial charge on any atom is 0.257 e. The molecule has 4 aromatic rings. The van der Waals surface area contributed by atoms with Crippen LogP contribution < -0.4 is 0 Å². The summed E-state index contributed by atoms with van der Waals surface area (Å²) in [7, 11) is 0. The highest BCUT2D eigenvalue weighted by Crippen LogP contribution is 2.25. The largest absolute Gasteiger partial charge is 0.431 e. The second-order valence-electron chi connectivity index (χ2n) is 6.11. The quantitative estimate of drug-likeness (QED) is 0.334. The van der Waals surface area contributed by atoms with Gasteiger partial charge in [-0.15, -0.1) is 11.3 Å². The summed E-state index contributed by atoms with van der Waals surface area (Å²) in [6.45, 7) is 4.87. The number of thioether (sulfide) groups is 1. The maximum atomic E-state index is 12.7. The summed E-state index contributed by atoms with van der Waals surface area (Å²) in [5.74, 6) is 0.415. The Labute approximate surface area is 159 Å². The highest BCUT2D eigenvalue weighted by molar-refractivity contribution is 7.99. The highest BCUT2D eigenvalue weighted by Gasteiger charge is 2.17. The first-order chi connectivity index (χ1) is 12.6. The first-order valence-electron chi connectivity index (χ1n) is 8.32. The van der Waals surface area contributed by atoms with Crippen LogP contribution in [-0.2, 0) is 6.54 Å². The van der Waals surface area contributed by atoms with Crippen LogP contribution in [0.3, 0.4) is 0 Å². The van der Waals surface area contributed by atoms with Crippen LogP contribution in [0.15, 0.2) is 57.5 Å². The number of ketones is 1. The zero-order valence-electron chi connectivity index (χ0n) is 14.6. The molecule has 0 unspecified atom stereocenters. The van der Waals surface area contributed by atoms with E-state index in [4.69, 9.17) is 4.42 Å². The molecule has 0 N–H and O–H groups in total. The summed E-state index contributed by atoms with van der Waals surface area (Å²) in [5, 5.41) is 2.61. The smallest absolute Gasteiger partial charge is 0.257 e. The van der Waals surface area contributed by atoms with Gasteiger partial charge in [0.15, 0.2) is 11.4 Å². The third kappa shape index (κ3) is 3.34. The van der Waals surface area contributed by atoms with Crippen molar-refractivity contribution in [3.63, 3.8) is 0 Å². The number of nitrogens with zero attached hydrogens (tertiary/aromatic N) is 2. The number of hydrogen-bond donors (Lipinski definition) is 0. The van der Waals surface area contributed by atoms with Gasteiger partial charge in [-0.25, -0.2) is 4.98 Å².